The van der Waals surface area contributed by atoms with Gasteiger partial charge in [-0.1, -0.05) is 6.92 Å². The number of nitrogens with one attached hydrogen (secondary N) is 1. The number of methoxy groups -OCH3 is 1. The van der Waals surface area contributed by atoms with Crippen LogP contribution in [0.2, 0.25) is 0 Å². The Kier molecular flexibility index (Phi) is 7.29. The first kappa shape index (κ1) is 27.3. The third kappa shape index (κ3) is 4.58. The van der Waals surface area contributed by atoms with Crippen LogP contribution in [0.5, 0.6) is 0 Å². The van der Waals surface area contributed by atoms with E-state index in [9.17, 15) is 15.0 Å². The lowest BCUT2D eigenvalue weighted by Crippen LogP contribution is -2.25. The van der Waals surface area contributed by atoms with Gasteiger partial charge in [0.05, 0.1) is 59.6 Å². The Hall–Kier alpha value is -4.30. The van der Waals surface area contributed by atoms with Crippen LogP contribution in [0.3, 0.4) is 0 Å². The van der Waals surface area contributed by atoms with Gasteiger partial charge in [0.25, 0.3) is 0 Å². The van der Waals surface area contributed by atoms with Gasteiger partial charge in [0, 0.05) is 22.9 Å². The van der Waals surface area contributed by atoms with Crippen LogP contribution in [-0.4, -0.2) is 52.0 Å². The summed E-state index contributed by atoms with van der Waals surface area (Å²) in [6.45, 7) is 9.90. The van der Waals surface area contributed by atoms with E-state index in [1.807, 2.05) is 45.1 Å². The van der Waals surface area contributed by atoms with Gasteiger partial charge >= 0.3 is 5.97 Å². The van der Waals surface area contributed by atoms with E-state index in [0.29, 0.717) is 23.0 Å². The largest absolute Gasteiger partial charge is 0.515 e. The Bertz CT molecular complexity index is 1750. The number of hydrogen-bond acceptors (Lipinski definition) is 7. The van der Waals surface area contributed by atoms with Crippen LogP contribution in [0.1, 0.15) is 58.2 Å². The minimum Gasteiger partial charge on any atom is -0.515 e. The standard InChI is InChI=1S/C32H34N4O4/c1-7-20-16(2)26-12-30-22(14-37)18(4)25(35-30)10-24-17(3)21(8-9-32(39)40-6)29(34-24)13-31-23(15-38)19(5)27(36-31)11-28(20)33-26/h10-14,35,37-38H,7-9,15H2,1-6H3/b22-14+,24-10?,28-11?,30-12?,31-13?. The first-order valence-electron chi connectivity index (χ1n) is 13.5. The molecule has 1 aromatic heterocycles. The van der Waals surface area contributed by atoms with Crippen molar-refractivity contribution in [3.63, 3.8) is 0 Å². The number of hydrogen-bond donors (Lipinski definition) is 3. The maximum Gasteiger partial charge on any atom is 0.305 e. The first-order valence-corrected chi connectivity index (χ1v) is 13.5. The zero-order valence-electron chi connectivity index (χ0n) is 23.8. The minimum absolute atomic E-state index is 0.160. The highest BCUT2D eigenvalue weighted by molar-refractivity contribution is 6.24. The zero-order valence-corrected chi connectivity index (χ0v) is 23.8. The van der Waals surface area contributed by atoms with E-state index < -0.39 is 0 Å². The molecule has 0 spiro atoms. The van der Waals surface area contributed by atoms with E-state index in [2.05, 4.69) is 18.8 Å². The van der Waals surface area contributed by atoms with Gasteiger partial charge in [-0.2, -0.15) is 0 Å². The third-order valence-corrected chi connectivity index (χ3v) is 8.08. The van der Waals surface area contributed by atoms with Crippen molar-refractivity contribution in [3.8, 4) is 0 Å². The van der Waals surface area contributed by atoms with Crippen molar-refractivity contribution < 1.29 is 19.7 Å². The maximum absolute atomic E-state index is 12.0. The van der Waals surface area contributed by atoms with Gasteiger partial charge in [-0.25, -0.2) is 15.0 Å². The number of carbonyl (C=O) groups is 1. The van der Waals surface area contributed by atoms with Crippen LogP contribution in [0.4, 0.5) is 0 Å². The molecule has 0 aliphatic carbocycles. The third-order valence-electron chi connectivity index (χ3n) is 8.08. The summed E-state index contributed by atoms with van der Waals surface area (Å²) in [5, 5.41) is 21.9. The Morgan fingerprint density at radius 1 is 0.875 bits per heavy atom. The van der Waals surface area contributed by atoms with Crippen molar-refractivity contribution in [2.75, 3.05) is 13.7 Å². The predicted octanol–water partition coefficient (Wildman–Crippen LogP) is 4.19. The fourth-order valence-corrected chi connectivity index (χ4v) is 5.56. The number of aromatic amines is 1. The Labute approximate surface area is 233 Å². The fourth-order valence-electron chi connectivity index (χ4n) is 5.56. The predicted molar refractivity (Wildman–Crippen MR) is 160 cm³/mol. The molecule has 5 rings (SSSR count). The van der Waals surface area contributed by atoms with E-state index in [1.54, 1.807) is 0 Å². The number of allylic oxidation sites excluding steroid dienone is 7. The number of aliphatic hydroxyl groups is 2. The second-order valence-electron chi connectivity index (χ2n) is 10.2. The van der Waals surface area contributed by atoms with Gasteiger partial charge in [-0.15, -0.1) is 0 Å². The summed E-state index contributed by atoms with van der Waals surface area (Å²) in [6.07, 6.45) is 10.4. The molecule has 4 aliphatic heterocycles. The normalized spacial score (nSPS) is 18.9. The van der Waals surface area contributed by atoms with Crippen LogP contribution in [-0.2, 0) is 9.53 Å². The summed E-state index contributed by atoms with van der Waals surface area (Å²) < 4.78 is 4.89. The smallest absolute Gasteiger partial charge is 0.305 e. The van der Waals surface area contributed by atoms with Crippen LogP contribution in [0.25, 0.3) is 18.4 Å². The topological polar surface area (TPSA) is 120 Å². The molecule has 1 aromatic rings. The quantitative estimate of drug-likeness (QED) is 0.487. The van der Waals surface area contributed by atoms with Gasteiger partial charge in [0.1, 0.15) is 0 Å². The van der Waals surface area contributed by atoms with Crippen molar-refractivity contribution in [1.82, 2.24) is 4.98 Å². The molecule has 0 atom stereocenters. The second kappa shape index (κ2) is 10.7. The van der Waals surface area contributed by atoms with Crippen molar-refractivity contribution >= 4 is 41.5 Å². The van der Waals surface area contributed by atoms with Gasteiger partial charge < -0.3 is 19.9 Å². The Balaban J connectivity index is 1.81. The van der Waals surface area contributed by atoms with Crippen LogP contribution in [0.15, 0.2) is 77.7 Å². The highest BCUT2D eigenvalue weighted by Gasteiger charge is 2.26. The first-order chi connectivity index (χ1) is 19.2. The number of H-pyrrole nitrogens is 1. The van der Waals surface area contributed by atoms with Crippen molar-refractivity contribution in [2.45, 2.75) is 53.9 Å². The van der Waals surface area contributed by atoms with E-state index in [-0.39, 0.29) is 19.0 Å². The number of carbonyl (C=O) groups excluding carboxylic acids is 1. The number of nitrogens with zero attached hydrogens (tertiary/aromatic N) is 3. The molecule has 8 nitrogen and oxygen atoms in total. The number of rotatable bonds is 5. The summed E-state index contributed by atoms with van der Waals surface area (Å²) in [5.74, 6) is -0.294. The molecule has 5 heterocycles. The Morgan fingerprint density at radius 2 is 1.50 bits per heavy atom. The number of aliphatic hydroxyl groups excluding tert-OH is 2. The number of fused-ring (bicyclic) bond motifs is 5. The lowest BCUT2D eigenvalue weighted by Gasteiger charge is -2.06. The van der Waals surface area contributed by atoms with E-state index in [0.717, 1.165) is 85.5 Å². The molecule has 206 valence electrons. The van der Waals surface area contributed by atoms with E-state index in [4.69, 9.17) is 19.7 Å². The van der Waals surface area contributed by atoms with E-state index in [1.165, 1.54) is 7.11 Å². The number of aromatic nitrogens is 1. The minimum atomic E-state index is -0.294. The molecule has 40 heavy (non-hydrogen) atoms. The molecule has 0 saturated heterocycles. The zero-order chi connectivity index (χ0) is 28.7. The fraction of sp³-hybridized carbons (Fsp3) is 0.312. The van der Waals surface area contributed by atoms with Gasteiger partial charge in [-0.05, 0) is 98.3 Å². The van der Waals surface area contributed by atoms with Crippen molar-refractivity contribution in [3.05, 3.63) is 84.5 Å². The molecule has 4 aliphatic rings. The summed E-state index contributed by atoms with van der Waals surface area (Å²) in [5.41, 5.74) is 11.9. The lowest BCUT2D eigenvalue weighted by molar-refractivity contribution is -0.140. The molecule has 8 heteroatoms. The molecule has 0 unspecified atom stereocenters. The molecule has 0 amide bonds. The highest BCUT2D eigenvalue weighted by atomic mass is 16.5. The molecule has 0 saturated carbocycles. The van der Waals surface area contributed by atoms with Crippen LogP contribution >= 0.6 is 0 Å². The SMILES string of the molecule is CCC1=C(C)C2=NC1=CC1=NC(=CC3=NC(=Cc4[nH]c(/c(=C/O)c4C)=C2)C(C)=C3CCC(=O)OC)C(CO)=C1C. The van der Waals surface area contributed by atoms with Crippen LogP contribution < -0.4 is 10.6 Å². The molecule has 0 aromatic carbocycles. The summed E-state index contributed by atoms with van der Waals surface area (Å²) >= 11 is 0. The van der Waals surface area contributed by atoms with Crippen LogP contribution in [0, 0.1) is 6.92 Å². The summed E-state index contributed by atoms with van der Waals surface area (Å²) in [6, 6.07) is 0. The molecule has 3 N–H and O–H groups in total. The van der Waals surface area contributed by atoms with E-state index >= 15 is 0 Å². The number of esters is 1. The molecular formula is C32H34N4O4. The summed E-state index contributed by atoms with van der Waals surface area (Å²) in [4.78, 5) is 30.3. The van der Waals surface area contributed by atoms with Gasteiger partial charge in [0.2, 0.25) is 0 Å². The van der Waals surface area contributed by atoms with Gasteiger partial charge in [-0.3, -0.25) is 4.79 Å². The molecule has 8 bridgehead atoms. The molecule has 0 fully saturated rings. The number of aliphatic imine (C=N–C) groups is 3. The van der Waals surface area contributed by atoms with Crippen molar-refractivity contribution in [1.29, 1.82) is 0 Å². The second-order valence-corrected chi connectivity index (χ2v) is 10.2. The molecule has 0 radical (unpaired) electrons. The lowest BCUT2D eigenvalue weighted by atomic mass is 9.98. The summed E-state index contributed by atoms with van der Waals surface area (Å²) in [7, 11) is 1.38. The average Bonchev–Trinajstić information content (AvgIpc) is 3.60. The average molecular weight is 539 g/mol. The maximum atomic E-state index is 12.0. The van der Waals surface area contributed by atoms with Gasteiger partial charge in [0.15, 0.2) is 0 Å². The monoisotopic (exact) mass is 538 g/mol. The highest BCUT2D eigenvalue weighted by Crippen LogP contribution is 2.35. The van der Waals surface area contributed by atoms with Crippen molar-refractivity contribution in [2.24, 2.45) is 15.0 Å². The number of ether oxygens (including phenoxy) is 1. The molecular weight excluding hydrogens is 504 g/mol. The Morgan fingerprint density at radius 3 is 2.15 bits per heavy atom.